The van der Waals surface area contributed by atoms with E-state index in [4.69, 9.17) is 15.4 Å². The summed E-state index contributed by atoms with van der Waals surface area (Å²) in [5.41, 5.74) is 0. The first kappa shape index (κ1) is 13.2. The molecule has 1 aliphatic rings. The quantitative estimate of drug-likeness (QED) is 0.829. The van der Waals surface area contributed by atoms with E-state index >= 15 is 0 Å². The van der Waals surface area contributed by atoms with Gasteiger partial charge in [0, 0.05) is 16.7 Å². The number of carbonyl (C=O) groups is 1. The summed E-state index contributed by atoms with van der Waals surface area (Å²) >= 11 is 0. The summed E-state index contributed by atoms with van der Waals surface area (Å²) in [4.78, 5) is 11.3. The molecule has 2 rings (SSSR count). The van der Waals surface area contributed by atoms with Gasteiger partial charge in [-0.15, -0.1) is 0 Å². The van der Waals surface area contributed by atoms with Crippen molar-refractivity contribution in [3.63, 3.8) is 0 Å². The van der Waals surface area contributed by atoms with Crippen molar-refractivity contribution >= 4 is 25.6 Å². The number of amides is 1. The van der Waals surface area contributed by atoms with E-state index in [0.717, 1.165) is 12.8 Å². The molecular formula is C11H12ClNO4S. The molecule has 0 aromatic heterocycles. The third-order valence-electron chi connectivity index (χ3n) is 2.42. The van der Waals surface area contributed by atoms with Crippen molar-refractivity contribution in [2.24, 2.45) is 0 Å². The van der Waals surface area contributed by atoms with Gasteiger partial charge in [-0.05, 0) is 37.1 Å². The van der Waals surface area contributed by atoms with Crippen LogP contribution in [0.2, 0.25) is 0 Å². The van der Waals surface area contributed by atoms with Crippen molar-refractivity contribution in [1.82, 2.24) is 5.32 Å². The lowest BCUT2D eigenvalue weighted by Crippen LogP contribution is -2.30. The molecule has 5 nitrogen and oxygen atoms in total. The summed E-state index contributed by atoms with van der Waals surface area (Å²) in [6.45, 7) is -0.0799. The van der Waals surface area contributed by atoms with Crippen molar-refractivity contribution in [1.29, 1.82) is 0 Å². The Kier molecular flexibility index (Phi) is 3.77. The van der Waals surface area contributed by atoms with Crippen LogP contribution in [-0.4, -0.2) is 27.0 Å². The number of ether oxygens (including phenoxy) is 1. The highest BCUT2D eigenvalue weighted by Gasteiger charge is 2.23. The Labute approximate surface area is 110 Å². The molecule has 0 atom stereocenters. The van der Waals surface area contributed by atoms with Crippen molar-refractivity contribution in [3.05, 3.63) is 24.3 Å². The molecule has 1 aliphatic carbocycles. The van der Waals surface area contributed by atoms with E-state index < -0.39 is 9.05 Å². The fourth-order valence-corrected chi connectivity index (χ4v) is 2.11. The van der Waals surface area contributed by atoms with Crippen LogP contribution >= 0.6 is 10.7 Å². The van der Waals surface area contributed by atoms with Crippen LogP contribution in [0.15, 0.2) is 29.2 Å². The summed E-state index contributed by atoms with van der Waals surface area (Å²) in [7, 11) is 1.45. The zero-order chi connectivity index (χ0) is 13.2. The lowest BCUT2D eigenvalue weighted by molar-refractivity contribution is -0.123. The highest BCUT2D eigenvalue weighted by atomic mass is 35.7. The SMILES string of the molecule is O=C(COc1ccc(S(=O)(=O)Cl)cc1)NC1CC1. The van der Waals surface area contributed by atoms with E-state index in [9.17, 15) is 13.2 Å². The molecular weight excluding hydrogens is 278 g/mol. The first-order valence-electron chi connectivity index (χ1n) is 5.42. The van der Waals surface area contributed by atoms with Crippen molar-refractivity contribution in [2.45, 2.75) is 23.8 Å². The molecule has 18 heavy (non-hydrogen) atoms. The predicted octanol–water partition coefficient (Wildman–Crippen LogP) is 1.27. The fraction of sp³-hybridized carbons (Fsp3) is 0.364. The van der Waals surface area contributed by atoms with E-state index in [1.54, 1.807) is 0 Å². The van der Waals surface area contributed by atoms with Crippen molar-refractivity contribution in [3.8, 4) is 5.75 Å². The highest BCUT2D eigenvalue weighted by molar-refractivity contribution is 8.13. The number of nitrogens with one attached hydrogen (secondary N) is 1. The Hall–Kier alpha value is -1.27. The number of hydrogen-bond donors (Lipinski definition) is 1. The van der Waals surface area contributed by atoms with Gasteiger partial charge in [0.25, 0.3) is 15.0 Å². The smallest absolute Gasteiger partial charge is 0.261 e. The third-order valence-corrected chi connectivity index (χ3v) is 3.79. The zero-order valence-electron chi connectivity index (χ0n) is 9.43. The second-order valence-corrected chi connectivity index (χ2v) is 6.61. The maximum atomic E-state index is 11.3. The normalized spacial score (nSPS) is 15.2. The van der Waals surface area contributed by atoms with Crippen molar-refractivity contribution < 1.29 is 17.9 Å². The highest BCUT2D eigenvalue weighted by Crippen LogP contribution is 2.20. The van der Waals surface area contributed by atoms with Gasteiger partial charge in [0.2, 0.25) is 0 Å². The number of carbonyl (C=O) groups excluding carboxylic acids is 1. The van der Waals surface area contributed by atoms with Crippen LogP contribution in [0.3, 0.4) is 0 Å². The average molecular weight is 290 g/mol. The third kappa shape index (κ3) is 3.89. The van der Waals surface area contributed by atoms with Gasteiger partial charge in [0.15, 0.2) is 6.61 Å². The molecule has 0 saturated heterocycles. The molecule has 1 aromatic carbocycles. The minimum absolute atomic E-state index is 0.000974. The van der Waals surface area contributed by atoms with Crippen LogP contribution < -0.4 is 10.1 Å². The Bertz CT molecular complexity index is 537. The topological polar surface area (TPSA) is 72.5 Å². The average Bonchev–Trinajstić information content (AvgIpc) is 3.10. The molecule has 7 heteroatoms. The second-order valence-electron chi connectivity index (χ2n) is 4.04. The van der Waals surface area contributed by atoms with Gasteiger partial charge in [0.1, 0.15) is 5.75 Å². The Morgan fingerprint density at radius 1 is 1.33 bits per heavy atom. The first-order valence-corrected chi connectivity index (χ1v) is 7.73. The summed E-state index contributed by atoms with van der Waals surface area (Å²) < 4.78 is 27.2. The molecule has 1 aromatic rings. The summed E-state index contributed by atoms with van der Waals surface area (Å²) in [6, 6.07) is 5.87. The standard InChI is InChI=1S/C11H12ClNO4S/c12-18(15,16)10-5-3-9(4-6-10)17-7-11(14)13-8-1-2-8/h3-6,8H,1-2,7H2,(H,13,14). The predicted molar refractivity (Wildman–Crippen MR) is 66.1 cm³/mol. The Morgan fingerprint density at radius 3 is 2.44 bits per heavy atom. The lowest BCUT2D eigenvalue weighted by atomic mass is 10.3. The van der Waals surface area contributed by atoms with E-state index in [2.05, 4.69) is 5.32 Å². The number of benzene rings is 1. The Balaban J connectivity index is 1.87. The van der Waals surface area contributed by atoms with Crippen LogP contribution in [0.4, 0.5) is 0 Å². The van der Waals surface area contributed by atoms with E-state index in [0.29, 0.717) is 11.8 Å². The zero-order valence-corrected chi connectivity index (χ0v) is 11.0. The molecule has 0 spiro atoms. The number of hydrogen-bond acceptors (Lipinski definition) is 4. The van der Waals surface area contributed by atoms with E-state index in [-0.39, 0.29) is 17.4 Å². The van der Waals surface area contributed by atoms with Gasteiger partial charge in [-0.3, -0.25) is 4.79 Å². The minimum Gasteiger partial charge on any atom is -0.484 e. The largest absolute Gasteiger partial charge is 0.484 e. The van der Waals surface area contributed by atoms with Gasteiger partial charge in [-0.2, -0.15) is 0 Å². The minimum atomic E-state index is -3.72. The lowest BCUT2D eigenvalue weighted by Gasteiger charge is -2.06. The van der Waals surface area contributed by atoms with E-state index in [1.807, 2.05) is 0 Å². The molecule has 98 valence electrons. The van der Waals surface area contributed by atoms with Gasteiger partial charge < -0.3 is 10.1 Å². The van der Waals surface area contributed by atoms with Crippen LogP contribution in [-0.2, 0) is 13.8 Å². The van der Waals surface area contributed by atoms with Gasteiger partial charge >= 0.3 is 0 Å². The molecule has 1 saturated carbocycles. The van der Waals surface area contributed by atoms with Gasteiger partial charge in [-0.1, -0.05) is 0 Å². The molecule has 0 unspecified atom stereocenters. The fourth-order valence-electron chi connectivity index (χ4n) is 1.34. The molecule has 0 radical (unpaired) electrons. The van der Waals surface area contributed by atoms with Crippen LogP contribution in [0.5, 0.6) is 5.75 Å². The molecule has 1 amide bonds. The maximum absolute atomic E-state index is 11.3. The van der Waals surface area contributed by atoms with Crippen LogP contribution in [0, 0.1) is 0 Å². The van der Waals surface area contributed by atoms with Crippen LogP contribution in [0.25, 0.3) is 0 Å². The molecule has 0 heterocycles. The summed E-state index contributed by atoms with van der Waals surface area (Å²) in [5, 5.41) is 2.78. The van der Waals surface area contributed by atoms with Crippen molar-refractivity contribution in [2.75, 3.05) is 6.61 Å². The molecule has 1 N–H and O–H groups in total. The number of rotatable bonds is 5. The summed E-state index contributed by atoms with van der Waals surface area (Å²) in [5.74, 6) is 0.247. The van der Waals surface area contributed by atoms with Gasteiger partial charge in [0.05, 0.1) is 4.90 Å². The van der Waals surface area contributed by atoms with E-state index in [1.165, 1.54) is 24.3 Å². The molecule has 0 aliphatic heterocycles. The maximum Gasteiger partial charge on any atom is 0.261 e. The number of halogens is 1. The second kappa shape index (κ2) is 5.16. The first-order chi connectivity index (χ1) is 8.45. The molecule has 0 bridgehead atoms. The van der Waals surface area contributed by atoms with Gasteiger partial charge in [-0.25, -0.2) is 8.42 Å². The summed E-state index contributed by atoms with van der Waals surface area (Å²) in [6.07, 6.45) is 2.04. The Morgan fingerprint density at radius 2 is 1.94 bits per heavy atom. The van der Waals surface area contributed by atoms with Crippen LogP contribution in [0.1, 0.15) is 12.8 Å². The monoisotopic (exact) mass is 289 g/mol. The molecule has 1 fully saturated rings.